The highest BCUT2D eigenvalue weighted by molar-refractivity contribution is 7.09. The van der Waals surface area contributed by atoms with Crippen molar-refractivity contribution in [3.05, 3.63) is 17.5 Å². The van der Waals surface area contributed by atoms with Crippen molar-refractivity contribution in [2.24, 2.45) is 0 Å². The van der Waals surface area contributed by atoms with E-state index in [1.54, 1.807) is 0 Å². The zero-order chi connectivity index (χ0) is 13.5. The summed E-state index contributed by atoms with van der Waals surface area (Å²) in [5, 5.41) is 9.84. The van der Waals surface area contributed by atoms with Crippen molar-refractivity contribution in [3.63, 3.8) is 0 Å². The summed E-state index contributed by atoms with van der Waals surface area (Å²) in [6.45, 7) is 5.11. The number of anilines is 1. The lowest BCUT2D eigenvalue weighted by Crippen LogP contribution is -2.35. The molecule has 1 unspecified atom stereocenters. The smallest absolute Gasteiger partial charge is 0.205 e. The number of aryl methyl sites for hydroxylation is 2. The minimum atomic E-state index is 0.479. The van der Waals surface area contributed by atoms with Gasteiger partial charge < -0.3 is 9.47 Å². The maximum Gasteiger partial charge on any atom is 0.205 e. The predicted molar refractivity (Wildman–Crippen MR) is 77.2 cm³/mol. The Morgan fingerprint density at radius 1 is 1.20 bits per heavy atom. The molecule has 1 saturated heterocycles. The van der Waals surface area contributed by atoms with Crippen LogP contribution in [0.25, 0.3) is 0 Å². The zero-order valence-corrected chi connectivity index (χ0v) is 12.4. The molecule has 0 saturated carbocycles. The van der Waals surface area contributed by atoms with Gasteiger partial charge in [0.15, 0.2) is 0 Å². The Kier molecular flexibility index (Phi) is 2.94. The molecule has 2 aliphatic heterocycles. The Hall–Kier alpha value is -1.50. The van der Waals surface area contributed by atoms with E-state index in [1.807, 2.05) is 6.92 Å². The van der Waals surface area contributed by atoms with Gasteiger partial charge in [0.1, 0.15) is 17.5 Å². The van der Waals surface area contributed by atoms with Crippen LogP contribution in [-0.4, -0.2) is 37.2 Å². The van der Waals surface area contributed by atoms with E-state index in [9.17, 15) is 0 Å². The average Bonchev–Trinajstić information content (AvgIpc) is 3.14. The van der Waals surface area contributed by atoms with Crippen molar-refractivity contribution in [1.29, 1.82) is 0 Å². The largest absolute Gasteiger partial charge is 0.346 e. The Morgan fingerprint density at radius 3 is 3.00 bits per heavy atom. The fourth-order valence-electron chi connectivity index (χ4n) is 3.25. The lowest BCUT2D eigenvalue weighted by atomic mass is 9.97. The van der Waals surface area contributed by atoms with Gasteiger partial charge in [-0.15, -0.1) is 10.2 Å². The standard InChI is InChI=1S/C13H18N6S/c1-9-14-13(20-17-9)18-6-2-4-10(8-18)12-16-15-11-5-3-7-19(11)12/h10H,2-8H2,1H3. The van der Waals surface area contributed by atoms with E-state index in [-0.39, 0.29) is 0 Å². The van der Waals surface area contributed by atoms with Crippen LogP contribution in [0.4, 0.5) is 5.13 Å². The number of hydrogen-bond donors (Lipinski definition) is 0. The highest BCUT2D eigenvalue weighted by atomic mass is 32.1. The average molecular weight is 290 g/mol. The van der Waals surface area contributed by atoms with Gasteiger partial charge in [-0.2, -0.15) is 4.37 Å². The van der Waals surface area contributed by atoms with Gasteiger partial charge in [-0.3, -0.25) is 0 Å². The number of piperidine rings is 1. The third kappa shape index (κ3) is 2.00. The minimum absolute atomic E-state index is 0.479. The topological polar surface area (TPSA) is 59.7 Å². The van der Waals surface area contributed by atoms with Crippen LogP contribution in [-0.2, 0) is 13.0 Å². The molecular weight excluding hydrogens is 272 g/mol. The van der Waals surface area contributed by atoms with Crippen molar-refractivity contribution in [2.75, 3.05) is 18.0 Å². The minimum Gasteiger partial charge on any atom is -0.346 e. The second-order valence-corrected chi connectivity index (χ2v) is 6.37. The first-order valence-corrected chi connectivity index (χ1v) is 8.06. The van der Waals surface area contributed by atoms with Crippen LogP contribution < -0.4 is 4.90 Å². The molecule has 0 spiro atoms. The van der Waals surface area contributed by atoms with Gasteiger partial charge in [0.2, 0.25) is 5.13 Å². The van der Waals surface area contributed by atoms with Crippen molar-refractivity contribution < 1.29 is 0 Å². The van der Waals surface area contributed by atoms with Crippen molar-refractivity contribution >= 4 is 16.7 Å². The van der Waals surface area contributed by atoms with E-state index < -0.39 is 0 Å². The van der Waals surface area contributed by atoms with E-state index in [0.717, 1.165) is 37.0 Å². The zero-order valence-electron chi connectivity index (χ0n) is 11.6. The highest BCUT2D eigenvalue weighted by Crippen LogP contribution is 2.31. The lowest BCUT2D eigenvalue weighted by Gasteiger charge is -2.31. The molecule has 0 amide bonds. The summed E-state index contributed by atoms with van der Waals surface area (Å²) in [6.07, 6.45) is 4.68. The normalized spacial score (nSPS) is 22.2. The number of hydrogen-bond acceptors (Lipinski definition) is 6. The second kappa shape index (κ2) is 4.80. The Bertz CT molecular complexity index is 618. The molecule has 1 fully saturated rings. The van der Waals surface area contributed by atoms with Crippen LogP contribution in [0, 0.1) is 6.92 Å². The molecule has 4 rings (SSSR count). The molecule has 0 aromatic carbocycles. The molecule has 0 aliphatic carbocycles. The molecule has 7 heteroatoms. The summed E-state index contributed by atoms with van der Waals surface area (Å²) in [6, 6.07) is 0. The molecule has 20 heavy (non-hydrogen) atoms. The summed E-state index contributed by atoms with van der Waals surface area (Å²) in [7, 11) is 0. The van der Waals surface area contributed by atoms with Crippen molar-refractivity contribution in [1.82, 2.24) is 24.1 Å². The second-order valence-electron chi connectivity index (χ2n) is 5.64. The third-order valence-corrected chi connectivity index (χ3v) is 5.08. The van der Waals surface area contributed by atoms with Crippen molar-refractivity contribution in [2.45, 2.75) is 45.1 Å². The predicted octanol–water partition coefficient (Wildman–Crippen LogP) is 1.77. The maximum absolute atomic E-state index is 4.51. The van der Waals surface area contributed by atoms with Gasteiger partial charge in [0.25, 0.3) is 0 Å². The lowest BCUT2D eigenvalue weighted by molar-refractivity contribution is 0.472. The van der Waals surface area contributed by atoms with Crippen LogP contribution in [0.2, 0.25) is 0 Å². The fraction of sp³-hybridized carbons (Fsp3) is 0.692. The van der Waals surface area contributed by atoms with Crippen LogP contribution in [0.5, 0.6) is 0 Å². The van der Waals surface area contributed by atoms with Crippen molar-refractivity contribution in [3.8, 4) is 0 Å². The summed E-state index contributed by atoms with van der Waals surface area (Å²) < 4.78 is 6.63. The number of nitrogens with zero attached hydrogens (tertiary/aromatic N) is 6. The van der Waals surface area contributed by atoms with E-state index in [4.69, 9.17) is 0 Å². The van der Waals surface area contributed by atoms with E-state index in [1.165, 1.54) is 42.4 Å². The monoisotopic (exact) mass is 290 g/mol. The molecule has 2 aromatic heterocycles. The first kappa shape index (κ1) is 12.3. The summed E-state index contributed by atoms with van der Waals surface area (Å²) in [5.41, 5.74) is 0. The molecule has 4 heterocycles. The maximum atomic E-state index is 4.51. The SMILES string of the molecule is Cc1nsc(N2CCCC(c3nnc4n3CCC4)C2)n1. The van der Waals surface area contributed by atoms with E-state index in [0.29, 0.717) is 5.92 Å². The molecule has 0 N–H and O–H groups in total. The molecule has 1 atom stereocenters. The third-order valence-electron chi connectivity index (χ3n) is 4.21. The summed E-state index contributed by atoms with van der Waals surface area (Å²) in [4.78, 5) is 6.87. The first-order valence-electron chi connectivity index (χ1n) is 7.28. The molecule has 2 aliphatic rings. The van der Waals surface area contributed by atoms with Gasteiger partial charge in [-0.25, -0.2) is 4.98 Å². The molecule has 106 valence electrons. The Balaban J connectivity index is 1.57. The Morgan fingerprint density at radius 2 is 2.15 bits per heavy atom. The van der Waals surface area contributed by atoms with Crippen LogP contribution in [0.3, 0.4) is 0 Å². The highest BCUT2D eigenvalue weighted by Gasteiger charge is 2.29. The van der Waals surface area contributed by atoms with Gasteiger partial charge >= 0.3 is 0 Å². The molecule has 6 nitrogen and oxygen atoms in total. The number of fused-ring (bicyclic) bond motifs is 1. The van der Waals surface area contributed by atoms with Crippen LogP contribution in [0.1, 0.15) is 42.7 Å². The fourth-order valence-corrected chi connectivity index (χ4v) is 3.96. The number of rotatable bonds is 2. The first-order chi connectivity index (χ1) is 9.81. The summed E-state index contributed by atoms with van der Waals surface area (Å²) >= 11 is 1.50. The Labute approximate surface area is 122 Å². The van der Waals surface area contributed by atoms with E-state index >= 15 is 0 Å². The van der Waals surface area contributed by atoms with E-state index in [2.05, 4.69) is 29.0 Å². The van der Waals surface area contributed by atoms with Gasteiger partial charge in [0, 0.05) is 43.5 Å². The van der Waals surface area contributed by atoms with Gasteiger partial charge in [0.05, 0.1) is 0 Å². The molecule has 2 aromatic rings. The van der Waals surface area contributed by atoms with Gasteiger partial charge in [-0.05, 0) is 26.2 Å². The quantitative estimate of drug-likeness (QED) is 0.843. The number of aromatic nitrogens is 5. The molecule has 0 radical (unpaired) electrons. The summed E-state index contributed by atoms with van der Waals surface area (Å²) in [5.74, 6) is 3.70. The van der Waals surface area contributed by atoms with Crippen LogP contribution in [0.15, 0.2) is 0 Å². The molecular formula is C13H18N6S. The van der Waals surface area contributed by atoms with Crippen LogP contribution >= 0.6 is 11.5 Å². The molecule has 0 bridgehead atoms. The van der Waals surface area contributed by atoms with Gasteiger partial charge in [-0.1, -0.05) is 0 Å².